The number of ether oxygens (including phenoxy) is 1. The number of nitrogens with zero attached hydrogens (tertiary/aromatic N) is 2. The molecule has 98 valence electrons. The molecule has 5 nitrogen and oxygen atoms in total. The molecule has 0 radical (unpaired) electrons. The van der Waals surface area contributed by atoms with Crippen molar-refractivity contribution in [1.82, 2.24) is 9.97 Å². The highest BCUT2D eigenvalue weighted by Crippen LogP contribution is 2.19. The number of esters is 1. The molecule has 0 aliphatic carbocycles. The van der Waals surface area contributed by atoms with Crippen LogP contribution < -0.4 is 5.32 Å². The second-order valence-corrected chi connectivity index (χ2v) is 3.84. The number of carbonyl (C=O) groups excluding carboxylic acids is 1. The number of aryl methyl sites for hydroxylation is 1. The Morgan fingerprint density at radius 1 is 1.37 bits per heavy atom. The average molecular weight is 261 g/mol. The first-order chi connectivity index (χ1) is 9.10. The molecule has 0 aliphatic heterocycles. The van der Waals surface area contributed by atoms with E-state index < -0.39 is 5.97 Å². The van der Waals surface area contributed by atoms with Crippen LogP contribution in [0.3, 0.4) is 0 Å². The molecule has 2 rings (SSSR count). The van der Waals surface area contributed by atoms with Crippen LogP contribution in [-0.2, 0) is 4.74 Å². The highest BCUT2D eigenvalue weighted by Gasteiger charge is 2.09. The number of rotatable bonds is 3. The van der Waals surface area contributed by atoms with Crippen LogP contribution in [0.5, 0.6) is 0 Å². The number of hydrogen-bond donors (Lipinski definition) is 1. The lowest BCUT2D eigenvalue weighted by atomic mass is 10.2. The monoisotopic (exact) mass is 261 g/mol. The summed E-state index contributed by atoms with van der Waals surface area (Å²) < 4.78 is 17.7. The maximum atomic E-state index is 13.2. The van der Waals surface area contributed by atoms with Crippen molar-refractivity contribution in [3.05, 3.63) is 47.5 Å². The Kier molecular flexibility index (Phi) is 3.70. The van der Waals surface area contributed by atoms with Gasteiger partial charge < -0.3 is 10.1 Å². The summed E-state index contributed by atoms with van der Waals surface area (Å²) in [4.78, 5) is 19.3. The molecule has 0 fully saturated rings. The summed E-state index contributed by atoms with van der Waals surface area (Å²) in [5.41, 5.74) is 1.52. The van der Waals surface area contributed by atoms with Crippen LogP contribution >= 0.6 is 0 Å². The smallest absolute Gasteiger partial charge is 0.356 e. The van der Waals surface area contributed by atoms with E-state index in [-0.39, 0.29) is 17.5 Å². The summed E-state index contributed by atoms with van der Waals surface area (Å²) in [5, 5.41) is 2.86. The van der Waals surface area contributed by atoms with Crippen LogP contribution in [0.2, 0.25) is 0 Å². The van der Waals surface area contributed by atoms with Crippen LogP contribution in [0, 0.1) is 12.7 Å². The van der Waals surface area contributed by atoms with Gasteiger partial charge in [-0.15, -0.1) is 0 Å². The lowest BCUT2D eigenvalue weighted by molar-refractivity contribution is 0.0594. The lowest BCUT2D eigenvalue weighted by Gasteiger charge is -2.08. The maximum Gasteiger partial charge on any atom is 0.356 e. The van der Waals surface area contributed by atoms with E-state index in [1.807, 2.05) is 6.92 Å². The van der Waals surface area contributed by atoms with Gasteiger partial charge in [0.15, 0.2) is 5.69 Å². The third-order valence-corrected chi connectivity index (χ3v) is 2.50. The Bertz CT molecular complexity index is 617. The molecule has 0 amide bonds. The molecule has 0 aliphatic rings. The van der Waals surface area contributed by atoms with Crippen molar-refractivity contribution in [1.29, 1.82) is 0 Å². The number of carbonyl (C=O) groups is 1. The minimum atomic E-state index is -0.554. The van der Waals surface area contributed by atoms with Crippen molar-refractivity contribution >= 4 is 17.6 Å². The molecule has 19 heavy (non-hydrogen) atoms. The summed E-state index contributed by atoms with van der Waals surface area (Å²) >= 11 is 0. The van der Waals surface area contributed by atoms with Crippen molar-refractivity contribution in [2.24, 2.45) is 0 Å². The van der Waals surface area contributed by atoms with Crippen molar-refractivity contribution in [3.63, 3.8) is 0 Å². The zero-order valence-electron chi connectivity index (χ0n) is 10.5. The Morgan fingerprint density at radius 3 is 2.89 bits per heavy atom. The van der Waals surface area contributed by atoms with Gasteiger partial charge in [-0.25, -0.2) is 19.2 Å². The van der Waals surface area contributed by atoms with Crippen molar-refractivity contribution < 1.29 is 13.9 Å². The van der Waals surface area contributed by atoms with Gasteiger partial charge in [0.2, 0.25) is 5.95 Å². The second-order valence-electron chi connectivity index (χ2n) is 3.84. The van der Waals surface area contributed by atoms with Gasteiger partial charge in [0.1, 0.15) is 5.82 Å². The normalized spacial score (nSPS) is 10.1. The molecule has 0 spiro atoms. The van der Waals surface area contributed by atoms with Crippen molar-refractivity contribution in [3.8, 4) is 0 Å². The molecule has 1 aromatic heterocycles. The minimum Gasteiger partial charge on any atom is -0.464 e. The fourth-order valence-electron chi connectivity index (χ4n) is 1.49. The highest BCUT2D eigenvalue weighted by molar-refractivity contribution is 5.87. The molecule has 1 heterocycles. The van der Waals surface area contributed by atoms with Crippen molar-refractivity contribution in [2.75, 3.05) is 12.4 Å². The van der Waals surface area contributed by atoms with Gasteiger partial charge in [-0.05, 0) is 30.7 Å². The second kappa shape index (κ2) is 5.43. The molecule has 0 bridgehead atoms. The Labute approximate surface area is 109 Å². The molecule has 0 unspecified atom stereocenters. The van der Waals surface area contributed by atoms with Crippen LogP contribution in [0.15, 0.2) is 30.5 Å². The number of aromatic nitrogens is 2. The molecule has 0 saturated heterocycles. The van der Waals surface area contributed by atoms with Crippen LogP contribution in [-0.4, -0.2) is 23.0 Å². The summed E-state index contributed by atoms with van der Waals surface area (Å²) in [6.07, 6.45) is 1.43. The summed E-state index contributed by atoms with van der Waals surface area (Å²) in [5.74, 6) is -0.713. The van der Waals surface area contributed by atoms with Gasteiger partial charge in [0, 0.05) is 11.9 Å². The Balaban J connectivity index is 2.28. The molecular formula is C13H12FN3O2. The van der Waals surface area contributed by atoms with E-state index in [1.165, 1.54) is 31.5 Å². The van der Waals surface area contributed by atoms with Gasteiger partial charge in [-0.3, -0.25) is 0 Å². The van der Waals surface area contributed by atoms with Crippen LogP contribution in [0.25, 0.3) is 0 Å². The number of benzene rings is 1. The van der Waals surface area contributed by atoms with Gasteiger partial charge in [-0.2, -0.15) is 0 Å². The maximum absolute atomic E-state index is 13.2. The largest absolute Gasteiger partial charge is 0.464 e. The Morgan fingerprint density at radius 2 is 2.16 bits per heavy atom. The number of nitrogens with one attached hydrogen (secondary N) is 1. The lowest BCUT2D eigenvalue weighted by Crippen LogP contribution is -2.07. The summed E-state index contributed by atoms with van der Waals surface area (Å²) in [6, 6.07) is 5.78. The quantitative estimate of drug-likeness (QED) is 0.860. The molecule has 1 aromatic carbocycles. The SMILES string of the molecule is COC(=O)c1ccnc(Nc2cc(F)ccc2C)n1. The molecule has 0 atom stereocenters. The average Bonchev–Trinajstić information content (AvgIpc) is 2.42. The first-order valence-electron chi connectivity index (χ1n) is 5.54. The van der Waals surface area contributed by atoms with Crippen LogP contribution in [0.1, 0.15) is 16.1 Å². The van der Waals surface area contributed by atoms with E-state index in [0.29, 0.717) is 5.69 Å². The number of halogens is 1. The van der Waals surface area contributed by atoms with E-state index in [2.05, 4.69) is 20.0 Å². The fourth-order valence-corrected chi connectivity index (χ4v) is 1.49. The first kappa shape index (κ1) is 12.9. The van der Waals surface area contributed by atoms with E-state index in [1.54, 1.807) is 6.07 Å². The minimum absolute atomic E-state index is 0.133. The molecule has 2 aromatic rings. The number of hydrogen-bond acceptors (Lipinski definition) is 5. The molecular weight excluding hydrogens is 249 g/mol. The predicted molar refractivity (Wildman–Crippen MR) is 67.8 cm³/mol. The number of methoxy groups -OCH3 is 1. The molecule has 1 N–H and O–H groups in total. The van der Waals surface area contributed by atoms with Gasteiger partial charge in [-0.1, -0.05) is 6.07 Å². The predicted octanol–water partition coefficient (Wildman–Crippen LogP) is 2.45. The van der Waals surface area contributed by atoms with Crippen molar-refractivity contribution in [2.45, 2.75) is 6.92 Å². The van der Waals surface area contributed by atoms with Gasteiger partial charge in [0.05, 0.1) is 7.11 Å². The van der Waals surface area contributed by atoms with Crippen LogP contribution in [0.4, 0.5) is 16.0 Å². The zero-order valence-corrected chi connectivity index (χ0v) is 10.5. The van der Waals surface area contributed by atoms with E-state index in [4.69, 9.17) is 0 Å². The summed E-state index contributed by atoms with van der Waals surface area (Å²) in [7, 11) is 1.27. The van der Waals surface area contributed by atoms with E-state index in [0.717, 1.165) is 5.56 Å². The first-order valence-corrected chi connectivity index (χ1v) is 5.54. The van der Waals surface area contributed by atoms with Gasteiger partial charge >= 0.3 is 5.97 Å². The highest BCUT2D eigenvalue weighted by atomic mass is 19.1. The molecule has 6 heteroatoms. The fraction of sp³-hybridized carbons (Fsp3) is 0.154. The Hall–Kier alpha value is -2.50. The van der Waals surface area contributed by atoms with E-state index >= 15 is 0 Å². The third kappa shape index (κ3) is 3.04. The molecule has 0 saturated carbocycles. The zero-order chi connectivity index (χ0) is 13.8. The van der Waals surface area contributed by atoms with Gasteiger partial charge in [0.25, 0.3) is 0 Å². The number of anilines is 2. The third-order valence-electron chi connectivity index (χ3n) is 2.50. The standard InChI is InChI=1S/C13H12FN3O2/c1-8-3-4-9(14)7-11(8)17-13-15-6-5-10(16-13)12(18)19-2/h3-7H,1-2H3,(H,15,16,17). The van der Waals surface area contributed by atoms with E-state index in [9.17, 15) is 9.18 Å². The topological polar surface area (TPSA) is 64.1 Å². The summed E-state index contributed by atoms with van der Waals surface area (Å²) in [6.45, 7) is 1.83.